The minimum absolute atomic E-state index is 0.0208. The predicted molar refractivity (Wildman–Crippen MR) is 55.9 cm³/mol. The number of nitrogens with one attached hydrogen (secondary N) is 1. The minimum atomic E-state index is -0.931. The van der Waals surface area contributed by atoms with E-state index >= 15 is 0 Å². The van der Waals surface area contributed by atoms with Crippen molar-refractivity contribution in [2.75, 3.05) is 6.26 Å². The summed E-state index contributed by atoms with van der Waals surface area (Å²) < 4.78 is 0. The molecule has 6 N–H and O–H groups in total. The van der Waals surface area contributed by atoms with Crippen LogP contribution in [0.5, 0.6) is 0 Å². The molecule has 0 aliphatic heterocycles. The Morgan fingerprint density at radius 1 is 1.54 bits per heavy atom. The van der Waals surface area contributed by atoms with Gasteiger partial charge in [0.25, 0.3) is 0 Å². The van der Waals surface area contributed by atoms with Crippen molar-refractivity contribution in [3.63, 3.8) is 0 Å². The highest BCUT2D eigenvalue weighted by molar-refractivity contribution is 8.13. The second kappa shape index (κ2) is 7.88. The molecule has 0 unspecified atom stereocenters. The lowest BCUT2D eigenvalue weighted by Gasteiger charge is -2.07. The maximum atomic E-state index is 10.0. The zero-order chi connectivity index (χ0) is 11.0. The van der Waals surface area contributed by atoms with Crippen LogP contribution >= 0.6 is 11.8 Å². The molecule has 0 bridgehead atoms. The van der Waals surface area contributed by atoms with Crippen LogP contribution in [-0.4, -0.2) is 28.5 Å². The molecule has 0 radical (unpaired) electrons. The quantitative estimate of drug-likeness (QED) is 0.384. The predicted octanol–water partition coefficient (Wildman–Crippen LogP) is 0.297. The van der Waals surface area contributed by atoms with E-state index in [0.29, 0.717) is 0 Å². The number of amidine groups is 1. The Morgan fingerprint density at radius 2 is 1.85 bits per heavy atom. The average Bonchev–Trinajstić information content (AvgIpc) is 2.03. The fraction of sp³-hybridized carbons (Fsp3) is 0.714. The number of nitrogens with two attached hydrogens (primary N) is 2. The van der Waals surface area contributed by atoms with Crippen LogP contribution in [0.25, 0.3) is 0 Å². The maximum Gasteiger partial charge on any atom is 0.320 e. The summed E-state index contributed by atoms with van der Waals surface area (Å²) in [6.07, 6.45) is 1.77. The number of aliphatic carboxylic acids is 1. The van der Waals surface area contributed by atoms with Crippen molar-refractivity contribution < 1.29 is 9.90 Å². The summed E-state index contributed by atoms with van der Waals surface area (Å²) in [5.74, 6) is -0.910. The largest absolute Gasteiger partial charge is 0.480 e. The first kappa shape index (κ1) is 14.8. The van der Waals surface area contributed by atoms with Gasteiger partial charge in [-0.2, -0.15) is 0 Å². The Kier molecular flexibility index (Phi) is 8.94. The molecule has 0 aromatic heterocycles. The Labute approximate surface area is 82.4 Å². The van der Waals surface area contributed by atoms with E-state index in [9.17, 15) is 4.79 Å². The first-order valence-corrected chi connectivity index (χ1v) is 4.91. The van der Waals surface area contributed by atoms with Crippen LogP contribution in [-0.2, 0) is 4.79 Å². The first-order chi connectivity index (χ1) is 5.82. The van der Waals surface area contributed by atoms with E-state index in [1.807, 2.05) is 0 Å². The van der Waals surface area contributed by atoms with Crippen LogP contribution in [0, 0.1) is 11.3 Å². The van der Waals surface area contributed by atoms with Gasteiger partial charge in [-0.15, -0.1) is 0 Å². The molecule has 0 spiro atoms. The molecule has 0 amide bonds. The van der Waals surface area contributed by atoms with Gasteiger partial charge in [-0.25, -0.2) is 0 Å². The van der Waals surface area contributed by atoms with Crippen LogP contribution in [0.2, 0.25) is 0 Å². The van der Waals surface area contributed by atoms with E-state index in [2.05, 4.69) is 0 Å². The van der Waals surface area contributed by atoms with Crippen molar-refractivity contribution in [3.8, 4) is 0 Å². The topological polar surface area (TPSA) is 113 Å². The molecule has 0 rings (SSSR count). The highest BCUT2D eigenvalue weighted by Gasteiger charge is 2.14. The summed E-state index contributed by atoms with van der Waals surface area (Å²) in [7, 11) is 0. The van der Waals surface area contributed by atoms with Gasteiger partial charge in [0.2, 0.25) is 0 Å². The molecular weight excluding hydrogens is 190 g/mol. The van der Waals surface area contributed by atoms with Gasteiger partial charge in [0, 0.05) is 0 Å². The lowest BCUT2D eigenvalue weighted by molar-refractivity contribution is -0.139. The molecule has 1 atom stereocenters. The fourth-order valence-electron chi connectivity index (χ4n) is 0.285. The van der Waals surface area contributed by atoms with Gasteiger partial charge in [0.1, 0.15) is 6.04 Å². The van der Waals surface area contributed by atoms with Crippen LogP contribution < -0.4 is 11.5 Å². The van der Waals surface area contributed by atoms with Gasteiger partial charge < -0.3 is 16.6 Å². The zero-order valence-corrected chi connectivity index (χ0v) is 8.89. The third kappa shape index (κ3) is 11.2. The summed E-state index contributed by atoms with van der Waals surface area (Å²) in [5, 5.41) is 14.9. The summed E-state index contributed by atoms with van der Waals surface area (Å²) in [6.45, 7) is 3.55. The van der Waals surface area contributed by atoms with Crippen molar-refractivity contribution in [2.45, 2.75) is 19.9 Å². The molecule has 5 nitrogen and oxygen atoms in total. The minimum Gasteiger partial charge on any atom is -0.480 e. The monoisotopic (exact) mass is 207 g/mol. The van der Waals surface area contributed by atoms with Gasteiger partial charge in [0.05, 0.1) is 0 Å². The standard InChI is InChI=1S/C5H11NO2.C2H6N2S/c1-3(2)4(6)5(7)8;1-5-2(3)4/h3-4H,6H2,1-2H3,(H,7,8);1H3,(H3,3,4)/t4-;/m0./s1. The van der Waals surface area contributed by atoms with Gasteiger partial charge in [-0.3, -0.25) is 10.2 Å². The smallest absolute Gasteiger partial charge is 0.320 e. The average molecular weight is 207 g/mol. The van der Waals surface area contributed by atoms with E-state index < -0.39 is 12.0 Å². The fourth-order valence-corrected chi connectivity index (χ4v) is 0.285. The number of rotatable bonds is 2. The number of thioether (sulfide) groups is 1. The first-order valence-electron chi connectivity index (χ1n) is 3.69. The van der Waals surface area contributed by atoms with E-state index in [-0.39, 0.29) is 11.1 Å². The molecule has 13 heavy (non-hydrogen) atoms. The number of carboxylic acids is 1. The Hall–Kier alpha value is -0.750. The molecule has 0 aliphatic carbocycles. The molecule has 0 aromatic carbocycles. The highest BCUT2D eigenvalue weighted by Crippen LogP contribution is 1.96. The second-order valence-corrected chi connectivity index (χ2v) is 3.52. The van der Waals surface area contributed by atoms with Crippen LogP contribution in [0.3, 0.4) is 0 Å². The second-order valence-electron chi connectivity index (χ2n) is 2.68. The van der Waals surface area contributed by atoms with E-state index in [4.69, 9.17) is 22.0 Å². The van der Waals surface area contributed by atoms with Crippen molar-refractivity contribution in [2.24, 2.45) is 17.4 Å². The Morgan fingerprint density at radius 3 is 1.85 bits per heavy atom. The van der Waals surface area contributed by atoms with E-state index in [1.54, 1.807) is 20.1 Å². The van der Waals surface area contributed by atoms with Crippen LogP contribution in [0.1, 0.15) is 13.8 Å². The summed E-state index contributed by atoms with van der Waals surface area (Å²) in [4.78, 5) is 10.0. The van der Waals surface area contributed by atoms with Crippen molar-refractivity contribution in [1.29, 1.82) is 5.41 Å². The molecular formula is C7H17N3O2S. The van der Waals surface area contributed by atoms with Crippen LogP contribution in [0.15, 0.2) is 0 Å². The molecule has 0 fully saturated rings. The third-order valence-electron chi connectivity index (χ3n) is 1.22. The third-order valence-corrected chi connectivity index (χ3v) is 1.66. The van der Waals surface area contributed by atoms with E-state index in [0.717, 1.165) is 0 Å². The number of carboxylic acid groups (broad SMARTS) is 1. The molecule has 0 saturated carbocycles. The van der Waals surface area contributed by atoms with Crippen LogP contribution in [0.4, 0.5) is 0 Å². The van der Waals surface area contributed by atoms with Gasteiger partial charge in [0.15, 0.2) is 5.17 Å². The van der Waals surface area contributed by atoms with Gasteiger partial charge >= 0.3 is 5.97 Å². The lowest BCUT2D eigenvalue weighted by atomic mass is 10.1. The van der Waals surface area contributed by atoms with Gasteiger partial charge in [-0.1, -0.05) is 25.6 Å². The lowest BCUT2D eigenvalue weighted by Crippen LogP contribution is -2.34. The number of carbonyl (C=O) groups is 1. The normalized spacial score (nSPS) is 11.5. The number of hydrogen-bond acceptors (Lipinski definition) is 4. The molecule has 0 saturated heterocycles. The molecule has 0 aromatic rings. The Balaban J connectivity index is 0. The van der Waals surface area contributed by atoms with E-state index in [1.165, 1.54) is 11.8 Å². The van der Waals surface area contributed by atoms with Crippen molar-refractivity contribution in [1.82, 2.24) is 0 Å². The molecule has 0 aliphatic rings. The van der Waals surface area contributed by atoms with Gasteiger partial charge in [-0.05, 0) is 12.2 Å². The summed E-state index contributed by atoms with van der Waals surface area (Å²) in [5.41, 5.74) is 10.00. The zero-order valence-electron chi connectivity index (χ0n) is 8.07. The summed E-state index contributed by atoms with van der Waals surface area (Å²) in [6, 6.07) is -0.713. The summed E-state index contributed by atoms with van der Waals surface area (Å²) >= 11 is 1.24. The number of hydrogen-bond donors (Lipinski definition) is 4. The SMILES string of the molecule is CC(C)[C@H](N)C(=O)O.CSC(=N)N. The van der Waals surface area contributed by atoms with Crippen molar-refractivity contribution >= 4 is 22.9 Å². The Bertz CT molecular complexity index is 173. The van der Waals surface area contributed by atoms with Crippen molar-refractivity contribution in [3.05, 3.63) is 0 Å². The molecule has 78 valence electrons. The maximum absolute atomic E-state index is 10.0. The molecule has 0 heterocycles. The molecule has 6 heteroatoms. The highest BCUT2D eigenvalue weighted by atomic mass is 32.2.